The standard InChI is InChI=1S/C24H24N2O4/c1-12-3-2-4-17-18(12)22(28)25(21(17)27)15-7-9-16(10-8-15)26-23(29)19-13-5-6-14(11-13)20(19)24(26)30/h2-3,7-10,12-14,17-20H,4-6,11H2,1H3/t12-,13-,14-,17-,18+,19-,20+/m0/s1. The van der Waals surface area contributed by atoms with E-state index in [9.17, 15) is 19.2 Å². The van der Waals surface area contributed by atoms with E-state index in [1.165, 1.54) is 9.80 Å². The molecule has 6 nitrogen and oxygen atoms in total. The minimum atomic E-state index is -0.307. The fourth-order valence-corrected chi connectivity index (χ4v) is 6.82. The van der Waals surface area contributed by atoms with E-state index >= 15 is 0 Å². The first-order valence-corrected chi connectivity index (χ1v) is 11.0. The van der Waals surface area contributed by atoms with Crippen molar-refractivity contribution < 1.29 is 19.2 Å². The number of carbonyl (C=O) groups excluding carboxylic acids is 4. The summed E-state index contributed by atoms with van der Waals surface area (Å²) in [6, 6.07) is 6.75. The summed E-state index contributed by atoms with van der Waals surface area (Å²) in [6.07, 6.45) is 7.69. The minimum Gasteiger partial charge on any atom is -0.274 e. The molecule has 154 valence electrons. The molecule has 2 bridgehead atoms. The molecule has 6 rings (SSSR count). The smallest absolute Gasteiger partial charge is 0.238 e. The zero-order valence-electron chi connectivity index (χ0n) is 16.9. The van der Waals surface area contributed by atoms with Crippen molar-refractivity contribution in [3.05, 3.63) is 36.4 Å². The van der Waals surface area contributed by atoms with E-state index in [0.29, 0.717) is 29.6 Å². The van der Waals surface area contributed by atoms with Gasteiger partial charge in [-0.25, -0.2) is 0 Å². The predicted octanol–water partition coefficient (Wildman–Crippen LogP) is 2.92. The number of fused-ring (bicyclic) bond motifs is 6. The molecule has 7 atom stereocenters. The van der Waals surface area contributed by atoms with Gasteiger partial charge in [0.05, 0.1) is 35.0 Å². The highest BCUT2D eigenvalue weighted by Crippen LogP contribution is 2.56. The Bertz CT molecular complexity index is 964. The molecule has 0 unspecified atom stereocenters. The number of carbonyl (C=O) groups is 4. The predicted molar refractivity (Wildman–Crippen MR) is 109 cm³/mol. The molecule has 4 amide bonds. The third-order valence-corrected chi connectivity index (χ3v) is 8.17. The van der Waals surface area contributed by atoms with Gasteiger partial charge in [-0.2, -0.15) is 0 Å². The molecule has 4 fully saturated rings. The van der Waals surface area contributed by atoms with Crippen LogP contribution < -0.4 is 9.80 Å². The molecule has 2 saturated heterocycles. The van der Waals surface area contributed by atoms with Crippen LogP contribution in [0.25, 0.3) is 0 Å². The summed E-state index contributed by atoms with van der Waals surface area (Å²) in [5, 5.41) is 0. The third kappa shape index (κ3) is 2.19. The highest BCUT2D eigenvalue weighted by Gasteiger charge is 2.61. The number of anilines is 2. The maximum Gasteiger partial charge on any atom is 0.238 e. The van der Waals surface area contributed by atoms with Gasteiger partial charge in [-0.15, -0.1) is 0 Å². The van der Waals surface area contributed by atoms with Crippen LogP contribution in [0.3, 0.4) is 0 Å². The molecular weight excluding hydrogens is 380 g/mol. The quantitative estimate of drug-likeness (QED) is 0.561. The highest BCUT2D eigenvalue weighted by molar-refractivity contribution is 6.24. The number of allylic oxidation sites excluding steroid dienone is 2. The Morgan fingerprint density at radius 1 is 0.733 bits per heavy atom. The molecule has 0 spiro atoms. The lowest BCUT2D eigenvalue weighted by Gasteiger charge is -2.22. The lowest BCUT2D eigenvalue weighted by atomic mass is 9.78. The topological polar surface area (TPSA) is 74.8 Å². The summed E-state index contributed by atoms with van der Waals surface area (Å²) >= 11 is 0. The van der Waals surface area contributed by atoms with E-state index in [1.807, 2.05) is 19.1 Å². The molecule has 0 N–H and O–H groups in total. The third-order valence-electron chi connectivity index (χ3n) is 8.17. The SMILES string of the molecule is C[C@H]1C=CC[C@@H]2C(=O)N(c3ccc(N4C(=O)[C@@H]5[C@H]6CC[C@@H](C6)[C@@H]5C4=O)cc3)C(=O)[C@@H]21. The number of nitrogens with zero attached hydrogens (tertiary/aromatic N) is 2. The highest BCUT2D eigenvalue weighted by atomic mass is 16.2. The molecule has 0 radical (unpaired) electrons. The molecule has 1 aromatic rings. The van der Waals surface area contributed by atoms with E-state index < -0.39 is 0 Å². The Kier molecular flexibility index (Phi) is 3.68. The van der Waals surface area contributed by atoms with Crippen molar-refractivity contribution in [2.24, 2.45) is 41.4 Å². The van der Waals surface area contributed by atoms with E-state index in [0.717, 1.165) is 19.3 Å². The Morgan fingerprint density at radius 2 is 1.23 bits per heavy atom. The molecule has 0 aromatic heterocycles. The second-order valence-corrected chi connectivity index (χ2v) is 9.58. The monoisotopic (exact) mass is 404 g/mol. The summed E-state index contributed by atoms with van der Waals surface area (Å²) in [7, 11) is 0. The van der Waals surface area contributed by atoms with Crippen LogP contribution in [0.4, 0.5) is 11.4 Å². The van der Waals surface area contributed by atoms with Gasteiger partial charge in [-0.1, -0.05) is 19.1 Å². The summed E-state index contributed by atoms with van der Waals surface area (Å²) < 4.78 is 0. The molecule has 3 aliphatic carbocycles. The van der Waals surface area contributed by atoms with Gasteiger partial charge in [0.2, 0.25) is 23.6 Å². The van der Waals surface area contributed by atoms with Crippen molar-refractivity contribution >= 4 is 35.0 Å². The molecular formula is C24H24N2O4. The maximum absolute atomic E-state index is 13.0. The number of rotatable bonds is 2. The largest absolute Gasteiger partial charge is 0.274 e. The summed E-state index contributed by atoms with van der Waals surface area (Å²) in [6.45, 7) is 1.97. The van der Waals surface area contributed by atoms with E-state index in [1.54, 1.807) is 24.3 Å². The Balaban J connectivity index is 1.28. The first-order valence-electron chi connectivity index (χ1n) is 11.0. The minimum absolute atomic E-state index is 0.0408. The Labute approximate surface area is 174 Å². The van der Waals surface area contributed by atoms with Gasteiger partial charge < -0.3 is 0 Å². The maximum atomic E-state index is 13.0. The van der Waals surface area contributed by atoms with Gasteiger partial charge in [0, 0.05) is 0 Å². The number of benzene rings is 1. The molecule has 30 heavy (non-hydrogen) atoms. The van der Waals surface area contributed by atoms with Crippen molar-refractivity contribution in [1.29, 1.82) is 0 Å². The molecule has 2 saturated carbocycles. The summed E-state index contributed by atoms with van der Waals surface area (Å²) in [5.74, 6) is -0.661. The van der Waals surface area contributed by atoms with Gasteiger partial charge in [-0.3, -0.25) is 29.0 Å². The van der Waals surface area contributed by atoms with Gasteiger partial charge in [0.1, 0.15) is 0 Å². The number of hydrogen-bond donors (Lipinski definition) is 0. The molecule has 6 heteroatoms. The average Bonchev–Trinajstić information content (AvgIpc) is 3.47. The summed E-state index contributed by atoms with van der Waals surface area (Å²) in [4.78, 5) is 54.5. The Morgan fingerprint density at radius 3 is 1.77 bits per heavy atom. The fraction of sp³-hybridized carbons (Fsp3) is 0.500. The van der Waals surface area contributed by atoms with Crippen LogP contribution in [0, 0.1) is 41.4 Å². The Hall–Kier alpha value is -2.76. The first-order chi connectivity index (χ1) is 14.5. The van der Waals surface area contributed by atoms with Crippen molar-refractivity contribution in [3.63, 3.8) is 0 Å². The normalized spacial score (nSPS) is 39.3. The van der Waals surface area contributed by atoms with Crippen molar-refractivity contribution in [2.75, 3.05) is 9.80 Å². The second kappa shape index (κ2) is 6.13. The number of imide groups is 2. The number of amides is 4. The average molecular weight is 404 g/mol. The lowest BCUT2D eigenvalue weighted by molar-refractivity contribution is -0.124. The number of hydrogen-bond acceptors (Lipinski definition) is 4. The van der Waals surface area contributed by atoms with E-state index in [4.69, 9.17) is 0 Å². The van der Waals surface area contributed by atoms with Crippen molar-refractivity contribution in [3.8, 4) is 0 Å². The molecule has 2 heterocycles. The van der Waals surface area contributed by atoms with Gasteiger partial charge in [0.25, 0.3) is 0 Å². The van der Waals surface area contributed by atoms with Gasteiger partial charge in [-0.05, 0) is 67.7 Å². The fourth-order valence-electron chi connectivity index (χ4n) is 6.82. The molecule has 2 aliphatic heterocycles. The van der Waals surface area contributed by atoms with Crippen LogP contribution in [-0.2, 0) is 19.2 Å². The zero-order valence-corrected chi connectivity index (χ0v) is 16.9. The summed E-state index contributed by atoms with van der Waals surface area (Å²) in [5.41, 5.74) is 1.05. The molecule has 5 aliphatic rings. The van der Waals surface area contributed by atoms with Crippen molar-refractivity contribution in [1.82, 2.24) is 0 Å². The van der Waals surface area contributed by atoms with Crippen LogP contribution in [0.2, 0.25) is 0 Å². The zero-order chi connectivity index (χ0) is 20.7. The van der Waals surface area contributed by atoms with Gasteiger partial charge in [0.15, 0.2) is 0 Å². The van der Waals surface area contributed by atoms with E-state index in [2.05, 4.69) is 0 Å². The van der Waals surface area contributed by atoms with Crippen LogP contribution in [0.5, 0.6) is 0 Å². The second-order valence-electron chi connectivity index (χ2n) is 9.58. The van der Waals surface area contributed by atoms with Crippen LogP contribution in [-0.4, -0.2) is 23.6 Å². The van der Waals surface area contributed by atoms with Crippen LogP contribution in [0.1, 0.15) is 32.6 Å². The van der Waals surface area contributed by atoms with Gasteiger partial charge >= 0.3 is 0 Å². The first kappa shape index (κ1) is 18.0. The van der Waals surface area contributed by atoms with E-state index in [-0.39, 0.29) is 53.2 Å². The molecule has 1 aromatic carbocycles. The van der Waals surface area contributed by atoms with Crippen LogP contribution >= 0.6 is 0 Å². The van der Waals surface area contributed by atoms with Crippen molar-refractivity contribution in [2.45, 2.75) is 32.6 Å². The van der Waals surface area contributed by atoms with Crippen LogP contribution in [0.15, 0.2) is 36.4 Å². The lowest BCUT2D eigenvalue weighted by Crippen LogP contribution is -2.33.